The second-order valence-electron chi connectivity index (χ2n) is 5.35. The normalized spacial score (nSPS) is 17.5. The second-order valence-corrected chi connectivity index (χ2v) is 5.35. The highest BCUT2D eigenvalue weighted by Gasteiger charge is 2.28. The molecular weight excluding hydrogens is 314 g/mol. The fourth-order valence-electron chi connectivity index (χ4n) is 2.42. The molecule has 1 unspecified atom stereocenters. The minimum Gasteiger partial charge on any atom is -0.476 e. The number of aromatic carboxylic acids is 1. The van der Waals surface area contributed by atoms with Gasteiger partial charge in [-0.3, -0.25) is 9.78 Å². The van der Waals surface area contributed by atoms with Crippen molar-refractivity contribution in [2.45, 2.75) is 12.6 Å². The van der Waals surface area contributed by atoms with Crippen molar-refractivity contribution < 1.29 is 19.1 Å². The average Bonchev–Trinajstić information content (AvgIpc) is 3.11. The van der Waals surface area contributed by atoms with Gasteiger partial charge in [-0.15, -0.1) is 0 Å². The van der Waals surface area contributed by atoms with Crippen LogP contribution in [0.15, 0.2) is 35.2 Å². The van der Waals surface area contributed by atoms with E-state index in [-0.39, 0.29) is 17.6 Å². The summed E-state index contributed by atoms with van der Waals surface area (Å²) < 4.78 is 5.19. The van der Waals surface area contributed by atoms with Crippen molar-refractivity contribution in [1.29, 1.82) is 0 Å². The molecule has 0 aromatic carbocycles. The number of nitrogens with one attached hydrogen (secondary N) is 2. The molecule has 1 fully saturated rings. The van der Waals surface area contributed by atoms with Crippen LogP contribution in [0.1, 0.15) is 16.1 Å². The molecule has 1 amide bonds. The van der Waals surface area contributed by atoms with Crippen LogP contribution < -0.4 is 15.5 Å². The Balaban J connectivity index is 1.58. The first-order chi connectivity index (χ1) is 11.6. The minimum absolute atomic E-state index is 0.145. The van der Waals surface area contributed by atoms with E-state index >= 15 is 0 Å². The maximum atomic E-state index is 12.3. The summed E-state index contributed by atoms with van der Waals surface area (Å²) >= 11 is 0. The van der Waals surface area contributed by atoms with Crippen LogP contribution in [0.2, 0.25) is 0 Å². The molecule has 2 aromatic rings. The fraction of sp³-hybridized carbons (Fsp3) is 0.333. The molecule has 0 aliphatic carbocycles. The maximum Gasteiger partial charge on any atom is 0.357 e. The number of carboxylic acid groups (broad SMARTS) is 1. The summed E-state index contributed by atoms with van der Waals surface area (Å²) in [7, 11) is 0. The number of anilines is 1. The third-order valence-electron chi connectivity index (χ3n) is 3.66. The molecule has 0 spiro atoms. The van der Waals surface area contributed by atoms with Crippen LogP contribution in [0.3, 0.4) is 0 Å². The Bertz CT molecular complexity index is 718. The Hall–Kier alpha value is -2.94. The standard InChI is InChI=1S/C15H17N5O4/c21-13(18-7-10-2-1-3-16-6-10)11-8-20(5-4-17-11)15-19-12(9-24-15)14(22)23/h1-3,6,9,11,17H,4-5,7-8H2,(H,18,21)(H,22,23). The van der Waals surface area contributed by atoms with Crippen molar-refractivity contribution in [2.75, 3.05) is 24.5 Å². The van der Waals surface area contributed by atoms with E-state index in [9.17, 15) is 9.59 Å². The zero-order chi connectivity index (χ0) is 16.9. The number of carbonyl (C=O) groups excluding carboxylic acids is 1. The Morgan fingerprint density at radius 2 is 2.38 bits per heavy atom. The number of amides is 1. The summed E-state index contributed by atoms with van der Waals surface area (Å²) in [5.74, 6) is -1.29. The van der Waals surface area contributed by atoms with E-state index in [0.29, 0.717) is 26.2 Å². The number of piperazine rings is 1. The van der Waals surface area contributed by atoms with Crippen molar-refractivity contribution in [3.05, 3.63) is 42.0 Å². The van der Waals surface area contributed by atoms with Gasteiger partial charge >= 0.3 is 5.97 Å². The zero-order valence-electron chi connectivity index (χ0n) is 12.8. The lowest BCUT2D eigenvalue weighted by Gasteiger charge is -2.31. The minimum atomic E-state index is -1.15. The van der Waals surface area contributed by atoms with Gasteiger partial charge in [-0.1, -0.05) is 6.07 Å². The van der Waals surface area contributed by atoms with Crippen LogP contribution in [0.25, 0.3) is 0 Å². The summed E-state index contributed by atoms with van der Waals surface area (Å²) in [6.45, 7) is 1.88. The Morgan fingerprint density at radius 3 is 3.08 bits per heavy atom. The van der Waals surface area contributed by atoms with Crippen LogP contribution in [0.5, 0.6) is 0 Å². The predicted molar refractivity (Wildman–Crippen MR) is 83.5 cm³/mol. The lowest BCUT2D eigenvalue weighted by molar-refractivity contribution is -0.123. The van der Waals surface area contributed by atoms with E-state index in [0.717, 1.165) is 11.8 Å². The highest BCUT2D eigenvalue weighted by molar-refractivity contribution is 5.85. The number of pyridine rings is 1. The number of nitrogens with zero attached hydrogens (tertiary/aromatic N) is 3. The average molecular weight is 331 g/mol. The van der Waals surface area contributed by atoms with Gasteiger partial charge in [-0.05, 0) is 11.6 Å². The first kappa shape index (κ1) is 15.9. The molecule has 1 aliphatic heterocycles. The van der Waals surface area contributed by atoms with Gasteiger partial charge in [0.05, 0.1) is 0 Å². The first-order valence-electron chi connectivity index (χ1n) is 7.47. The van der Waals surface area contributed by atoms with Crippen molar-refractivity contribution >= 4 is 17.9 Å². The monoisotopic (exact) mass is 331 g/mol. The van der Waals surface area contributed by atoms with E-state index in [1.165, 1.54) is 0 Å². The highest BCUT2D eigenvalue weighted by atomic mass is 16.4. The van der Waals surface area contributed by atoms with Gasteiger partial charge in [0, 0.05) is 38.6 Å². The van der Waals surface area contributed by atoms with Crippen molar-refractivity contribution in [2.24, 2.45) is 0 Å². The molecule has 3 rings (SSSR count). The van der Waals surface area contributed by atoms with Crippen molar-refractivity contribution in [3.63, 3.8) is 0 Å². The molecule has 0 radical (unpaired) electrons. The summed E-state index contributed by atoms with van der Waals surface area (Å²) in [6.07, 6.45) is 4.46. The molecule has 126 valence electrons. The molecule has 3 N–H and O–H groups in total. The van der Waals surface area contributed by atoms with Crippen molar-refractivity contribution in [3.8, 4) is 0 Å². The molecule has 1 atom stereocenters. The number of oxazole rings is 1. The summed E-state index contributed by atoms with van der Waals surface area (Å²) in [5, 5.41) is 14.9. The smallest absolute Gasteiger partial charge is 0.357 e. The van der Waals surface area contributed by atoms with Crippen LogP contribution in [0.4, 0.5) is 6.01 Å². The van der Waals surface area contributed by atoms with Crippen LogP contribution in [-0.4, -0.2) is 52.6 Å². The quantitative estimate of drug-likeness (QED) is 0.692. The largest absolute Gasteiger partial charge is 0.476 e. The molecule has 2 aromatic heterocycles. The van der Waals surface area contributed by atoms with E-state index in [1.807, 2.05) is 12.1 Å². The summed E-state index contributed by atoms with van der Waals surface area (Å²) in [4.78, 5) is 32.8. The van der Waals surface area contributed by atoms with Crippen molar-refractivity contribution in [1.82, 2.24) is 20.6 Å². The molecule has 3 heterocycles. The van der Waals surface area contributed by atoms with E-state index in [1.54, 1.807) is 17.3 Å². The van der Waals surface area contributed by atoms with Crippen LogP contribution in [0, 0.1) is 0 Å². The highest BCUT2D eigenvalue weighted by Crippen LogP contribution is 2.15. The third kappa shape index (κ3) is 3.69. The predicted octanol–water partition coefficient (Wildman–Crippen LogP) is -0.138. The number of aromatic nitrogens is 2. The molecule has 9 heteroatoms. The topological polar surface area (TPSA) is 121 Å². The van der Waals surface area contributed by atoms with Gasteiger partial charge in [-0.25, -0.2) is 4.79 Å². The maximum absolute atomic E-state index is 12.3. The number of rotatable bonds is 5. The van der Waals surface area contributed by atoms with E-state index in [4.69, 9.17) is 9.52 Å². The first-order valence-corrected chi connectivity index (χ1v) is 7.47. The summed E-state index contributed by atoms with van der Waals surface area (Å²) in [6, 6.07) is 3.47. The number of carbonyl (C=O) groups is 2. The lowest BCUT2D eigenvalue weighted by atomic mass is 10.2. The zero-order valence-corrected chi connectivity index (χ0v) is 12.8. The molecule has 0 saturated carbocycles. The molecule has 1 aliphatic rings. The van der Waals surface area contributed by atoms with Gasteiger partial charge in [0.15, 0.2) is 5.69 Å². The van der Waals surface area contributed by atoms with Gasteiger partial charge in [0.2, 0.25) is 5.91 Å². The Morgan fingerprint density at radius 1 is 1.50 bits per heavy atom. The molecule has 9 nitrogen and oxygen atoms in total. The van der Waals surface area contributed by atoms with Crippen LogP contribution >= 0.6 is 0 Å². The molecular formula is C15H17N5O4. The number of carboxylic acids is 1. The number of hydrogen-bond acceptors (Lipinski definition) is 7. The van der Waals surface area contributed by atoms with E-state index < -0.39 is 12.0 Å². The second kappa shape index (κ2) is 7.09. The van der Waals surface area contributed by atoms with Gasteiger partial charge in [0.1, 0.15) is 12.3 Å². The third-order valence-corrected chi connectivity index (χ3v) is 3.66. The Kier molecular flexibility index (Phi) is 4.71. The van der Waals surface area contributed by atoms with Gasteiger partial charge in [-0.2, -0.15) is 4.98 Å². The fourth-order valence-corrected chi connectivity index (χ4v) is 2.42. The van der Waals surface area contributed by atoms with Crippen LogP contribution in [-0.2, 0) is 11.3 Å². The number of hydrogen-bond donors (Lipinski definition) is 3. The van der Waals surface area contributed by atoms with E-state index in [2.05, 4.69) is 20.6 Å². The molecule has 0 bridgehead atoms. The lowest BCUT2D eigenvalue weighted by Crippen LogP contribution is -2.57. The molecule has 24 heavy (non-hydrogen) atoms. The van der Waals surface area contributed by atoms with Gasteiger partial charge < -0.3 is 25.1 Å². The van der Waals surface area contributed by atoms with Gasteiger partial charge in [0.25, 0.3) is 6.01 Å². The molecule has 1 saturated heterocycles. The summed E-state index contributed by atoms with van der Waals surface area (Å²) in [5.41, 5.74) is 0.762. The SMILES string of the molecule is O=C(O)c1coc(N2CCNC(C(=O)NCc3cccnc3)C2)n1. The Labute approximate surface area is 137 Å².